The average molecular weight is 278 g/mol. The van der Waals surface area contributed by atoms with E-state index in [1.807, 2.05) is 0 Å². The van der Waals surface area contributed by atoms with Gasteiger partial charge in [0.15, 0.2) is 5.78 Å². The highest BCUT2D eigenvalue weighted by Gasteiger charge is 2.13. The molecule has 0 bridgehead atoms. The van der Waals surface area contributed by atoms with Crippen LogP contribution in [0.1, 0.15) is 30.0 Å². The van der Waals surface area contributed by atoms with Crippen molar-refractivity contribution in [3.8, 4) is 0 Å². The van der Waals surface area contributed by atoms with Gasteiger partial charge in [0.2, 0.25) is 0 Å². The molecule has 0 saturated heterocycles. The molecule has 1 aromatic carbocycles. The lowest BCUT2D eigenvalue weighted by Crippen LogP contribution is -2.14. The molecule has 2 aromatic rings. The summed E-state index contributed by atoms with van der Waals surface area (Å²) in [5.74, 6) is 1.15. The van der Waals surface area contributed by atoms with Crippen LogP contribution in [0.4, 0.5) is 0 Å². The van der Waals surface area contributed by atoms with Crippen LogP contribution in [0.25, 0.3) is 0 Å². The van der Waals surface area contributed by atoms with E-state index in [-0.39, 0.29) is 12.2 Å². The number of rotatable bonds is 5. The molecule has 0 amide bonds. The second kappa shape index (κ2) is 5.97. The van der Waals surface area contributed by atoms with Gasteiger partial charge in [0, 0.05) is 17.1 Å². The van der Waals surface area contributed by atoms with Crippen LogP contribution in [0.2, 0.25) is 5.02 Å². The number of hydrogen-bond donors (Lipinski definition) is 0. The number of Topliss-reactive ketones (excluding diaryl/α,β-unsaturated/α-hetero) is 1. The van der Waals surface area contributed by atoms with Crippen molar-refractivity contribution < 1.29 is 4.79 Å². The van der Waals surface area contributed by atoms with Crippen molar-refractivity contribution in [1.82, 2.24) is 14.8 Å². The molecule has 0 aliphatic rings. The van der Waals surface area contributed by atoms with E-state index < -0.39 is 0 Å². The number of nitrogens with zero attached hydrogens (tertiary/aromatic N) is 3. The molecule has 0 atom stereocenters. The molecule has 0 spiro atoms. The number of halogens is 1. The van der Waals surface area contributed by atoms with E-state index in [1.165, 1.54) is 6.33 Å². The molecule has 4 nitrogen and oxygen atoms in total. The monoisotopic (exact) mass is 277 g/mol. The van der Waals surface area contributed by atoms with E-state index in [0.29, 0.717) is 22.3 Å². The Labute approximate surface area is 117 Å². The van der Waals surface area contributed by atoms with Gasteiger partial charge in [-0.15, -0.1) is 0 Å². The van der Waals surface area contributed by atoms with Crippen molar-refractivity contribution in [1.29, 1.82) is 0 Å². The van der Waals surface area contributed by atoms with Crippen LogP contribution in [0.3, 0.4) is 0 Å². The smallest absolute Gasteiger partial charge is 0.170 e. The Morgan fingerprint density at radius 1 is 1.42 bits per heavy atom. The first-order chi connectivity index (χ1) is 9.06. The van der Waals surface area contributed by atoms with Gasteiger partial charge in [0.1, 0.15) is 12.2 Å². The molecular formula is C14H16ClN3O. The third-order valence-electron chi connectivity index (χ3n) is 2.70. The summed E-state index contributed by atoms with van der Waals surface area (Å²) in [4.78, 5) is 16.3. The molecule has 0 saturated carbocycles. The highest BCUT2D eigenvalue weighted by molar-refractivity contribution is 6.31. The summed E-state index contributed by atoms with van der Waals surface area (Å²) in [7, 11) is 0. The van der Waals surface area contributed by atoms with Gasteiger partial charge in [-0.3, -0.25) is 4.79 Å². The fourth-order valence-corrected chi connectivity index (χ4v) is 2.02. The number of benzene rings is 1. The van der Waals surface area contributed by atoms with Crippen LogP contribution >= 0.6 is 11.6 Å². The Bertz CT molecular complexity index is 578. The molecule has 0 unspecified atom stereocenters. The number of carbonyl (C=O) groups excluding carboxylic acids is 1. The molecular weight excluding hydrogens is 262 g/mol. The Morgan fingerprint density at radius 2 is 2.21 bits per heavy atom. The predicted molar refractivity (Wildman–Crippen MR) is 74.3 cm³/mol. The van der Waals surface area contributed by atoms with Gasteiger partial charge in [0.25, 0.3) is 0 Å². The lowest BCUT2D eigenvalue weighted by Gasteiger charge is -2.08. The highest BCUT2D eigenvalue weighted by Crippen LogP contribution is 2.13. The summed E-state index contributed by atoms with van der Waals surface area (Å²) in [5.41, 5.74) is 0.603. The third-order valence-corrected chi connectivity index (χ3v) is 2.93. The van der Waals surface area contributed by atoms with Crippen molar-refractivity contribution in [2.24, 2.45) is 5.92 Å². The first-order valence-corrected chi connectivity index (χ1v) is 6.59. The first kappa shape index (κ1) is 13.7. The summed E-state index contributed by atoms with van der Waals surface area (Å²) in [6.07, 6.45) is 1.73. The Balaban J connectivity index is 2.13. The van der Waals surface area contributed by atoms with Crippen LogP contribution in [0.15, 0.2) is 30.6 Å². The zero-order valence-corrected chi connectivity index (χ0v) is 11.8. The van der Waals surface area contributed by atoms with Crippen molar-refractivity contribution in [3.63, 3.8) is 0 Å². The normalized spacial score (nSPS) is 10.9. The highest BCUT2D eigenvalue weighted by atomic mass is 35.5. The standard InChI is InChI=1S/C14H16ClN3O/c1-10(2)8-18-14(16-9-17-18)7-13(19)11-4-3-5-12(15)6-11/h3-6,9-10H,7-8H2,1-2H3. The summed E-state index contributed by atoms with van der Waals surface area (Å²) in [6, 6.07) is 6.96. The maximum Gasteiger partial charge on any atom is 0.170 e. The van der Waals surface area contributed by atoms with Gasteiger partial charge in [-0.1, -0.05) is 37.6 Å². The zero-order valence-electron chi connectivity index (χ0n) is 11.0. The lowest BCUT2D eigenvalue weighted by molar-refractivity contribution is 0.0989. The van der Waals surface area contributed by atoms with E-state index in [2.05, 4.69) is 23.9 Å². The maximum atomic E-state index is 12.2. The summed E-state index contributed by atoms with van der Waals surface area (Å²) >= 11 is 5.89. The maximum absolute atomic E-state index is 12.2. The number of hydrogen-bond acceptors (Lipinski definition) is 3. The molecule has 2 rings (SSSR count). The van der Waals surface area contributed by atoms with Crippen LogP contribution < -0.4 is 0 Å². The van der Waals surface area contributed by atoms with Crippen LogP contribution in [0.5, 0.6) is 0 Å². The van der Waals surface area contributed by atoms with E-state index in [9.17, 15) is 4.79 Å². The van der Waals surface area contributed by atoms with Gasteiger partial charge < -0.3 is 0 Å². The lowest BCUT2D eigenvalue weighted by atomic mass is 10.1. The molecule has 0 fully saturated rings. The quantitative estimate of drug-likeness (QED) is 0.789. The largest absolute Gasteiger partial charge is 0.294 e. The van der Waals surface area contributed by atoms with Crippen molar-refractivity contribution in [3.05, 3.63) is 47.0 Å². The first-order valence-electron chi connectivity index (χ1n) is 6.21. The van der Waals surface area contributed by atoms with Crippen LogP contribution in [-0.4, -0.2) is 20.5 Å². The molecule has 0 N–H and O–H groups in total. The predicted octanol–water partition coefficient (Wildman–Crippen LogP) is 3.01. The van der Waals surface area contributed by atoms with Gasteiger partial charge >= 0.3 is 0 Å². The summed E-state index contributed by atoms with van der Waals surface area (Å²) in [5, 5.41) is 4.71. The fraction of sp³-hybridized carbons (Fsp3) is 0.357. The van der Waals surface area contributed by atoms with Gasteiger partial charge in [-0.2, -0.15) is 5.10 Å². The molecule has 0 radical (unpaired) electrons. The number of ketones is 1. The van der Waals surface area contributed by atoms with Gasteiger partial charge in [0.05, 0.1) is 6.42 Å². The van der Waals surface area contributed by atoms with Crippen molar-refractivity contribution in [2.45, 2.75) is 26.8 Å². The second-order valence-electron chi connectivity index (χ2n) is 4.86. The van der Waals surface area contributed by atoms with Crippen molar-refractivity contribution >= 4 is 17.4 Å². The minimum Gasteiger partial charge on any atom is -0.294 e. The Hall–Kier alpha value is -1.68. The molecule has 5 heteroatoms. The van der Waals surface area contributed by atoms with Crippen molar-refractivity contribution in [2.75, 3.05) is 0 Å². The second-order valence-corrected chi connectivity index (χ2v) is 5.30. The van der Waals surface area contributed by atoms with E-state index in [1.54, 1.807) is 28.9 Å². The topological polar surface area (TPSA) is 47.8 Å². The molecule has 19 heavy (non-hydrogen) atoms. The Kier molecular flexibility index (Phi) is 4.32. The molecule has 1 aromatic heterocycles. The van der Waals surface area contributed by atoms with E-state index in [4.69, 9.17) is 11.6 Å². The van der Waals surface area contributed by atoms with Gasteiger partial charge in [-0.05, 0) is 18.1 Å². The zero-order chi connectivity index (χ0) is 13.8. The molecule has 0 aliphatic carbocycles. The summed E-state index contributed by atoms with van der Waals surface area (Å²) in [6.45, 7) is 4.96. The average Bonchev–Trinajstić information content (AvgIpc) is 2.75. The molecule has 0 aliphatic heterocycles. The van der Waals surface area contributed by atoms with E-state index in [0.717, 1.165) is 6.54 Å². The number of aromatic nitrogens is 3. The minimum atomic E-state index is 0.000469. The SMILES string of the molecule is CC(C)Cn1ncnc1CC(=O)c1cccc(Cl)c1. The molecule has 1 heterocycles. The third kappa shape index (κ3) is 3.64. The fourth-order valence-electron chi connectivity index (χ4n) is 1.83. The minimum absolute atomic E-state index is 0.000469. The van der Waals surface area contributed by atoms with Crippen LogP contribution in [0, 0.1) is 5.92 Å². The van der Waals surface area contributed by atoms with E-state index >= 15 is 0 Å². The number of carbonyl (C=O) groups is 1. The Morgan fingerprint density at radius 3 is 2.89 bits per heavy atom. The summed E-state index contributed by atoms with van der Waals surface area (Å²) < 4.78 is 1.78. The van der Waals surface area contributed by atoms with Gasteiger partial charge in [-0.25, -0.2) is 9.67 Å². The molecule has 100 valence electrons. The van der Waals surface area contributed by atoms with Crippen LogP contribution in [-0.2, 0) is 13.0 Å².